The molecule has 2 aromatic heterocycles. The maximum atomic E-state index is 10.7. The van der Waals surface area contributed by atoms with Gasteiger partial charge in [0.25, 0.3) is 0 Å². The molecule has 4 rings (SSSR count). The van der Waals surface area contributed by atoms with Gasteiger partial charge in [-0.05, 0) is 69.8 Å². The summed E-state index contributed by atoms with van der Waals surface area (Å²) in [6, 6.07) is 20.6. The van der Waals surface area contributed by atoms with E-state index in [1.54, 1.807) is 49.1 Å². The van der Waals surface area contributed by atoms with E-state index in [9.17, 15) is 19.8 Å². The fourth-order valence-electron chi connectivity index (χ4n) is 2.74. The van der Waals surface area contributed by atoms with Gasteiger partial charge in [0.2, 0.25) is 0 Å². The number of aromatic nitrogens is 2. The van der Waals surface area contributed by atoms with E-state index in [-0.39, 0.29) is 50.1 Å². The fourth-order valence-corrected chi connectivity index (χ4v) is 2.74. The van der Waals surface area contributed by atoms with Crippen molar-refractivity contribution >= 4 is 11.9 Å². The summed E-state index contributed by atoms with van der Waals surface area (Å²) in [5, 5.41) is 21.3. The average molecular weight is 527 g/mol. The largest absolute Gasteiger partial charge is 2.00 e. The molecule has 0 atom stereocenters. The molecular formula is C24H28MnN2O8+4. The summed E-state index contributed by atoms with van der Waals surface area (Å²) in [4.78, 5) is 29.1. The Hall–Kier alpha value is -3.96. The summed E-state index contributed by atoms with van der Waals surface area (Å²) in [5.74, 6) is -2.32. The van der Waals surface area contributed by atoms with Crippen molar-refractivity contribution in [1.82, 2.24) is 9.97 Å². The van der Waals surface area contributed by atoms with E-state index in [0.29, 0.717) is 0 Å². The Morgan fingerprint density at radius 1 is 0.514 bits per heavy atom. The van der Waals surface area contributed by atoms with Gasteiger partial charge in [0.1, 0.15) is 0 Å². The first-order chi connectivity index (χ1) is 14.5. The molecule has 0 bridgehead atoms. The first-order valence-electron chi connectivity index (χ1n) is 8.98. The Bertz CT molecular complexity index is 1070. The van der Waals surface area contributed by atoms with E-state index in [2.05, 4.69) is 9.97 Å². The number of benzene rings is 2. The Kier molecular flexibility index (Phi) is 17.8. The maximum absolute atomic E-state index is 10.7. The second-order valence-corrected chi connectivity index (χ2v) is 6.21. The zero-order chi connectivity index (χ0) is 21.3. The predicted octanol–water partition coefficient (Wildman–Crippen LogP) is -1.47. The summed E-state index contributed by atoms with van der Waals surface area (Å²) in [7, 11) is 0. The molecule has 2 aromatic carbocycles. The van der Waals surface area contributed by atoms with Crippen molar-refractivity contribution < 1.29 is 58.8 Å². The zero-order valence-electron chi connectivity index (χ0n) is 18.5. The molecule has 0 saturated heterocycles. The number of carboxylic acid groups (broad SMARTS) is 2. The number of aromatic carboxylic acids is 2. The first kappa shape index (κ1) is 35.6. The Labute approximate surface area is 211 Å². The molecule has 2 heterocycles. The summed E-state index contributed by atoms with van der Waals surface area (Å²) < 4.78 is 0. The Balaban J connectivity index is -0.000000512. The first-order valence-corrected chi connectivity index (χ1v) is 8.98. The Morgan fingerprint density at radius 3 is 1.11 bits per heavy atom. The monoisotopic (exact) mass is 527 g/mol. The minimum atomic E-state index is -1.16. The summed E-state index contributed by atoms with van der Waals surface area (Å²) in [6.07, 6.45) is 6.67. The SMILES string of the molecule is O=C([O-])c1cccc(-c2ccncc2)c1.O=C([O-])c1cccc(-c2ccncc2)c1.[Mn+2].[OH3+].[OH3+].[OH3+].[OH3+]. The average Bonchev–Trinajstić information content (AvgIpc) is 2.81. The minimum absolute atomic E-state index is 0. The van der Waals surface area contributed by atoms with Gasteiger partial charge >= 0.3 is 17.1 Å². The van der Waals surface area contributed by atoms with E-state index in [1.807, 2.05) is 36.4 Å². The van der Waals surface area contributed by atoms with Crippen LogP contribution in [0.25, 0.3) is 22.3 Å². The second-order valence-electron chi connectivity index (χ2n) is 6.21. The second kappa shape index (κ2) is 17.5. The van der Waals surface area contributed by atoms with Gasteiger partial charge in [-0.3, -0.25) is 9.97 Å². The van der Waals surface area contributed by atoms with Crippen molar-refractivity contribution in [2.45, 2.75) is 0 Å². The van der Waals surface area contributed by atoms with Crippen LogP contribution in [0.4, 0.5) is 0 Å². The van der Waals surface area contributed by atoms with Crippen LogP contribution < -0.4 is 10.2 Å². The summed E-state index contributed by atoms with van der Waals surface area (Å²) >= 11 is 0. The molecule has 0 aliphatic heterocycles. The third-order valence-corrected chi connectivity index (χ3v) is 4.22. The smallest absolute Gasteiger partial charge is 0.545 e. The molecule has 0 aliphatic carbocycles. The molecule has 0 spiro atoms. The van der Waals surface area contributed by atoms with Crippen LogP contribution >= 0.6 is 0 Å². The fraction of sp³-hybridized carbons (Fsp3) is 0. The molecule has 0 amide bonds. The van der Waals surface area contributed by atoms with Crippen LogP contribution in [-0.2, 0) is 39.0 Å². The molecular weight excluding hydrogens is 499 g/mol. The summed E-state index contributed by atoms with van der Waals surface area (Å²) in [6.45, 7) is 0. The maximum Gasteiger partial charge on any atom is 2.00 e. The number of nitrogens with zero attached hydrogens (tertiary/aromatic N) is 2. The third kappa shape index (κ3) is 10.2. The molecule has 12 N–H and O–H groups in total. The normalized spacial score (nSPS) is 8.46. The predicted molar refractivity (Wildman–Crippen MR) is 127 cm³/mol. The van der Waals surface area contributed by atoms with Crippen molar-refractivity contribution in [2.24, 2.45) is 0 Å². The van der Waals surface area contributed by atoms with Crippen LogP contribution in [0.5, 0.6) is 0 Å². The van der Waals surface area contributed by atoms with Gasteiger partial charge in [0.05, 0.1) is 11.9 Å². The van der Waals surface area contributed by atoms with E-state index in [4.69, 9.17) is 0 Å². The molecule has 4 aromatic rings. The number of carboxylic acids is 2. The zero-order valence-corrected chi connectivity index (χ0v) is 19.6. The molecule has 0 saturated carbocycles. The van der Waals surface area contributed by atoms with Crippen LogP contribution in [0.2, 0.25) is 0 Å². The van der Waals surface area contributed by atoms with Gasteiger partial charge in [-0.15, -0.1) is 0 Å². The van der Waals surface area contributed by atoms with E-state index in [1.165, 1.54) is 12.1 Å². The molecule has 35 heavy (non-hydrogen) atoms. The van der Waals surface area contributed by atoms with Gasteiger partial charge in [-0.25, -0.2) is 0 Å². The van der Waals surface area contributed by atoms with Gasteiger partial charge in [-0.2, -0.15) is 0 Å². The number of carbonyl (C=O) groups excluding carboxylic acids is 2. The van der Waals surface area contributed by atoms with Crippen molar-refractivity contribution in [3.8, 4) is 22.3 Å². The van der Waals surface area contributed by atoms with Gasteiger partial charge in [0.15, 0.2) is 0 Å². The standard InChI is InChI=1S/2C12H9NO2.Mn.4H2O/c2*14-12(15)11-3-1-2-10(8-11)9-4-6-13-7-5-9;;;;;/h2*1-8H,(H,14,15);;4*1H2/q;;+2;;;;/p+2. The van der Waals surface area contributed by atoms with E-state index >= 15 is 0 Å². The van der Waals surface area contributed by atoms with E-state index in [0.717, 1.165) is 22.3 Å². The number of rotatable bonds is 4. The van der Waals surface area contributed by atoms with Crippen molar-refractivity contribution in [1.29, 1.82) is 0 Å². The quantitative estimate of drug-likeness (QED) is 0.227. The molecule has 1 radical (unpaired) electrons. The summed E-state index contributed by atoms with van der Waals surface area (Å²) in [5.41, 5.74) is 3.94. The van der Waals surface area contributed by atoms with Crippen LogP contribution in [0.1, 0.15) is 20.7 Å². The van der Waals surface area contributed by atoms with Crippen molar-refractivity contribution in [3.63, 3.8) is 0 Å². The third-order valence-electron chi connectivity index (χ3n) is 4.22. The van der Waals surface area contributed by atoms with Crippen LogP contribution in [0, 0.1) is 0 Å². The molecule has 10 nitrogen and oxygen atoms in total. The van der Waals surface area contributed by atoms with Gasteiger partial charge < -0.3 is 41.7 Å². The molecule has 0 fully saturated rings. The van der Waals surface area contributed by atoms with Crippen LogP contribution in [0.15, 0.2) is 97.6 Å². The van der Waals surface area contributed by atoms with Crippen LogP contribution in [0.3, 0.4) is 0 Å². The van der Waals surface area contributed by atoms with Crippen molar-refractivity contribution in [3.05, 3.63) is 109 Å². The topological polar surface area (TPSA) is 238 Å². The molecule has 0 unspecified atom stereocenters. The molecule has 11 heteroatoms. The molecule has 185 valence electrons. The minimum Gasteiger partial charge on any atom is -0.545 e. The van der Waals surface area contributed by atoms with Crippen LogP contribution in [-0.4, -0.2) is 21.9 Å². The number of pyridine rings is 2. The van der Waals surface area contributed by atoms with E-state index < -0.39 is 11.9 Å². The Morgan fingerprint density at radius 2 is 0.829 bits per heavy atom. The van der Waals surface area contributed by atoms with Crippen molar-refractivity contribution in [2.75, 3.05) is 0 Å². The number of hydrogen-bond acceptors (Lipinski definition) is 6. The number of carbonyl (C=O) groups is 2. The molecule has 0 aliphatic rings. The van der Waals surface area contributed by atoms with Gasteiger partial charge in [-0.1, -0.05) is 36.4 Å². The number of hydrogen-bond donors (Lipinski definition) is 0. The van der Waals surface area contributed by atoms with Gasteiger partial charge in [0, 0.05) is 24.8 Å².